The van der Waals surface area contributed by atoms with E-state index >= 15 is 0 Å². The number of aliphatic hydroxyl groups is 1. The van der Waals surface area contributed by atoms with E-state index in [0.717, 1.165) is 6.07 Å². The molecular weight excluding hydrogens is 242 g/mol. The molecule has 0 radical (unpaired) electrons. The first-order chi connectivity index (χ1) is 8.47. The zero-order chi connectivity index (χ0) is 13.3. The molecule has 4 nitrogen and oxygen atoms in total. The summed E-state index contributed by atoms with van der Waals surface area (Å²) in [4.78, 5) is 11.7. The van der Waals surface area contributed by atoms with Crippen molar-refractivity contribution in [1.82, 2.24) is 5.32 Å². The Morgan fingerprint density at radius 2 is 2.06 bits per heavy atom. The molecule has 0 saturated heterocycles. The third-order valence-electron chi connectivity index (χ3n) is 3.09. The van der Waals surface area contributed by atoms with Crippen molar-refractivity contribution in [3.8, 4) is 0 Å². The van der Waals surface area contributed by atoms with Gasteiger partial charge in [0.05, 0.1) is 17.4 Å². The van der Waals surface area contributed by atoms with E-state index in [0.29, 0.717) is 25.5 Å². The molecule has 0 aromatic heterocycles. The van der Waals surface area contributed by atoms with Crippen LogP contribution >= 0.6 is 0 Å². The quantitative estimate of drug-likeness (QED) is 0.707. The number of nitrogens with one attached hydrogen (secondary N) is 1. The lowest BCUT2D eigenvalue weighted by Gasteiger charge is -2.31. The average molecular weight is 256 g/mol. The average Bonchev–Trinajstić information content (AvgIpc) is 2.27. The molecule has 1 saturated carbocycles. The molecular formula is C12H14F2N2O2. The fourth-order valence-corrected chi connectivity index (χ4v) is 1.94. The first kappa shape index (κ1) is 12.8. The van der Waals surface area contributed by atoms with E-state index < -0.39 is 17.5 Å². The van der Waals surface area contributed by atoms with Gasteiger partial charge in [-0.1, -0.05) is 0 Å². The summed E-state index contributed by atoms with van der Waals surface area (Å²) in [6, 6.07) is 1.58. The largest absolute Gasteiger partial charge is 0.396 e. The van der Waals surface area contributed by atoms with Gasteiger partial charge in [-0.05, 0) is 24.8 Å². The summed E-state index contributed by atoms with van der Waals surface area (Å²) in [7, 11) is 0. The number of benzene rings is 1. The molecule has 0 bridgehead atoms. The van der Waals surface area contributed by atoms with E-state index in [9.17, 15) is 13.6 Å². The summed E-state index contributed by atoms with van der Waals surface area (Å²) < 4.78 is 26.3. The van der Waals surface area contributed by atoms with Crippen LogP contribution in [0.1, 0.15) is 23.2 Å². The van der Waals surface area contributed by atoms with E-state index in [2.05, 4.69) is 5.32 Å². The van der Waals surface area contributed by atoms with Gasteiger partial charge in [-0.2, -0.15) is 0 Å². The number of carbonyl (C=O) groups excluding carboxylic acids is 1. The second kappa shape index (κ2) is 4.89. The van der Waals surface area contributed by atoms with E-state index in [1.807, 2.05) is 0 Å². The Labute approximate surface area is 103 Å². The molecule has 1 aromatic rings. The number of nitrogens with two attached hydrogens (primary N) is 1. The van der Waals surface area contributed by atoms with Gasteiger partial charge < -0.3 is 16.2 Å². The molecule has 0 spiro atoms. The third kappa shape index (κ3) is 2.59. The maximum absolute atomic E-state index is 13.4. The molecule has 0 heterocycles. The minimum absolute atomic E-state index is 0.213. The van der Waals surface area contributed by atoms with Crippen molar-refractivity contribution >= 4 is 11.6 Å². The molecule has 2 rings (SSSR count). The van der Waals surface area contributed by atoms with Crippen LogP contribution in [0.4, 0.5) is 14.5 Å². The zero-order valence-corrected chi connectivity index (χ0v) is 9.62. The minimum Gasteiger partial charge on any atom is -0.396 e. The monoisotopic (exact) mass is 256 g/mol. The van der Waals surface area contributed by atoms with Gasteiger partial charge in [-0.25, -0.2) is 8.78 Å². The van der Waals surface area contributed by atoms with Crippen LogP contribution in [0.3, 0.4) is 0 Å². The molecule has 0 atom stereocenters. The van der Waals surface area contributed by atoms with Crippen molar-refractivity contribution in [2.24, 2.45) is 5.92 Å². The fraction of sp³-hybridized carbons (Fsp3) is 0.417. The number of hydrogen-bond acceptors (Lipinski definition) is 3. The Bertz CT molecular complexity index is 473. The van der Waals surface area contributed by atoms with Crippen LogP contribution in [-0.4, -0.2) is 23.7 Å². The van der Waals surface area contributed by atoms with Crippen molar-refractivity contribution in [2.75, 3.05) is 12.3 Å². The first-order valence-electron chi connectivity index (χ1n) is 5.68. The molecule has 4 N–H and O–H groups in total. The molecule has 18 heavy (non-hydrogen) atoms. The number of amides is 1. The lowest BCUT2D eigenvalue weighted by atomic mass is 9.82. The molecule has 1 aliphatic carbocycles. The number of anilines is 1. The number of hydrogen-bond donors (Lipinski definition) is 3. The Morgan fingerprint density at radius 3 is 2.67 bits per heavy atom. The summed E-state index contributed by atoms with van der Waals surface area (Å²) in [5.41, 5.74) is 4.75. The minimum atomic E-state index is -0.937. The van der Waals surface area contributed by atoms with Crippen molar-refractivity contribution in [2.45, 2.75) is 18.9 Å². The van der Waals surface area contributed by atoms with Gasteiger partial charge >= 0.3 is 0 Å². The molecule has 1 amide bonds. The predicted molar refractivity (Wildman–Crippen MR) is 61.8 cm³/mol. The van der Waals surface area contributed by atoms with Gasteiger partial charge in [-0.15, -0.1) is 0 Å². The molecule has 1 aromatic carbocycles. The predicted octanol–water partition coefficient (Wildman–Crippen LogP) is 1.05. The summed E-state index contributed by atoms with van der Waals surface area (Å²) in [5, 5.41) is 11.6. The lowest BCUT2D eigenvalue weighted by molar-refractivity contribution is 0.0420. The Morgan fingerprint density at radius 1 is 1.39 bits per heavy atom. The van der Waals surface area contributed by atoms with Crippen LogP contribution in [-0.2, 0) is 0 Å². The highest BCUT2D eigenvalue weighted by molar-refractivity contribution is 5.95. The number of nitrogen functional groups attached to an aromatic ring is 1. The van der Waals surface area contributed by atoms with E-state index in [1.165, 1.54) is 0 Å². The van der Waals surface area contributed by atoms with Crippen molar-refractivity contribution in [1.29, 1.82) is 0 Å². The van der Waals surface area contributed by atoms with Crippen LogP contribution in [0.15, 0.2) is 12.1 Å². The highest BCUT2D eigenvalue weighted by Gasteiger charge is 2.27. The van der Waals surface area contributed by atoms with Crippen LogP contribution in [0, 0.1) is 17.6 Å². The zero-order valence-electron chi connectivity index (χ0n) is 9.62. The van der Waals surface area contributed by atoms with Crippen LogP contribution in [0.25, 0.3) is 0 Å². The number of carbonyl (C=O) groups is 1. The summed E-state index contributed by atoms with van der Waals surface area (Å²) in [6.07, 6.45) is 0.966. The van der Waals surface area contributed by atoms with E-state index in [1.54, 1.807) is 0 Å². The van der Waals surface area contributed by atoms with Gasteiger partial charge in [-0.3, -0.25) is 4.79 Å². The normalized spacial score (nSPS) is 22.4. The molecule has 1 fully saturated rings. The third-order valence-corrected chi connectivity index (χ3v) is 3.09. The number of halogens is 2. The smallest absolute Gasteiger partial charge is 0.254 e. The highest BCUT2D eigenvalue weighted by Crippen LogP contribution is 2.26. The molecule has 98 valence electrons. The maximum atomic E-state index is 13.4. The Kier molecular flexibility index (Phi) is 3.47. The standard InChI is InChI=1S/C12H14F2N2O2/c13-9-4-10(14)11(15)3-8(9)12(18)16-5-6-1-7(17)2-6/h3-4,6-7,17H,1-2,5,15H2,(H,16,18). The second-order valence-corrected chi connectivity index (χ2v) is 4.55. The SMILES string of the molecule is Nc1cc(C(=O)NCC2CC(O)C2)c(F)cc1F. The molecule has 1 aliphatic rings. The van der Waals surface area contributed by atoms with Gasteiger partial charge in [0, 0.05) is 12.6 Å². The molecule has 6 heteroatoms. The van der Waals surface area contributed by atoms with Gasteiger partial charge in [0.1, 0.15) is 11.6 Å². The number of rotatable bonds is 3. The van der Waals surface area contributed by atoms with E-state index in [-0.39, 0.29) is 23.3 Å². The van der Waals surface area contributed by atoms with Crippen molar-refractivity contribution < 1.29 is 18.7 Å². The van der Waals surface area contributed by atoms with Crippen molar-refractivity contribution in [3.63, 3.8) is 0 Å². The van der Waals surface area contributed by atoms with E-state index in [4.69, 9.17) is 10.8 Å². The van der Waals surface area contributed by atoms with Gasteiger partial charge in [0.15, 0.2) is 0 Å². The molecule has 0 aliphatic heterocycles. The second-order valence-electron chi connectivity index (χ2n) is 4.55. The van der Waals surface area contributed by atoms with Gasteiger partial charge in [0.25, 0.3) is 5.91 Å². The van der Waals surface area contributed by atoms with Crippen molar-refractivity contribution in [3.05, 3.63) is 29.3 Å². The topological polar surface area (TPSA) is 75.4 Å². The Balaban J connectivity index is 1.98. The van der Waals surface area contributed by atoms with Crippen LogP contribution in [0.5, 0.6) is 0 Å². The van der Waals surface area contributed by atoms with Crippen LogP contribution < -0.4 is 11.1 Å². The fourth-order valence-electron chi connectivity index (χ4n) is 1.94. The highest BCUT2D eigenvalue weighted by atomic mass is 19.1. The Hall–Kier alpha value is -1.69. The summed E-state index contributed by atoms with van der Waals surface area (Å²) in [5.74, 6) is -2.23. The summed E-state index contributed by atoms with van der Waals surface area (Å²) in [6.45, 7) is 0.368. The lowest BCUT2D eigenvalue weighted by Crippen LogP contribution is -2.38. The van der Waals surface area contributed by atoms with Crippen LogP contribution in [0.2, 0.25) is 0 Å². The summed E-state index contributed by atoms with van der Waals surface area (Å²) >= 11 is 0. The number of aliphatic hydroxyl groups excluding tert-OH is 1. The van der Waals surface area contributed by atoms with Gasteiger partial charge in [0.2, 0.25) is 0 Å². The first-order valence-corrected chi connectivity index (χ1v) is 5.68. The maximum Gasteiger partial charge on any atom is 0.254 e. The molecule has 0 unspecified atom stereocenters.